The number of fused-ring (bicyclic) bond motifs is 5. The first-order valence-corrected chi connectivity index (χ1v) is 16.4. The van der Waals surface area contributed by atoms with Crippen LogP contribution >= 0.6 is 0 Å². The van der Waals surface area contributed by atoms with Crippen molar-refractivity contribution in [2.45, 2.75) is 0 Å². The van der Waals surface area contributed by atoms with E-state index < -0.39 is 6.04 Å². The molecule has 0 bridgehead atoms. The molecule has 0 N–H and O–H groups in total. The van der Waals surface area contributed by atoms with E-state index in [2.05, 4.69) is 115 Å². The predicted molar refractivity (Wildman–Crippen MR) is 208 cm³/mol. The highest BCUT2D eigenvalue weighted by molar-refractivity contribution is 6.25. The molecule has 1 heterocycles. The fourth-order valence-corrected chi connectivity index (χ4v) is 7.74. The standard InChI is InChI=1S/C48H30O/c1-2-16-32(17-3-1)45-43-24-10-11-30-44(43)49-48(45)42-29-14-25-34-35(42)26-13-28-37(34)47-40-22-8-6-20-38(40)46(39-21-7-9-23-41(39)47)36-27-12-18-31-15-4-5-19-33(31)36/h1-30H/i1D,2D,3D,16D,17D. The fraction of sp³-hybridized carbons (Fsp3) is 0. The Bertz CT molecular complexity index is 3090. The van der Waals surface area contributed by atoms with Crippen LogP contribution in [-0.2, 0) is 0 Å². The minimum absolute atomic E-state index is 0.120. The van der Waals surface area contributed by atoms with Gasteiger partial charge in [-0.15, -0.1) is 0 Å². The second kappa shape index (κ2) is 11.1. The van der Waals surface area contributed by atoms with Crippen LogP contribution in [0.15, 0.2) is 186 Å². The van der Waals surface area contributed by atoms with Crippen molar-refractivity contribution in [2.24, 2.45) is 0 Å². The monoisotopic (exact) mass is 627 g/mol. The minimum Gasteiger partial charge on any atom is -0.455 e. The molecule has 10 rings (SSSR count). The highest BCUT2D eigenvalue weighted by Gasteiger charge is 2.22. The van der Waals surface area contributed by atoms with Gasteiger partial charge in [-0.05, 0) is 77.0 Å². The fourth-order valence-electron chi connectivity index (χ4n) is 7.74. The number of hydrogen-bond acceptors (Lipinski definition) is 1. The smallest absolute Gasteiger partial charge is 0.143 e. The molecule has 0 saturated carbocycles. The third kappa shape index (κ3) is 4.26. The van der Waals surface area contributed by atoms with Crippen LogP contribution in [0.4, 0.5) is 0 Å². The zero-order valence-corrected chi connectivity index (χ0v) is 26.3. The highest BCUT2D eigenvalue weighted by Crippen LogP contribution is 2.48. The summed E-state index contributed by atoms with van der Waals surface area (Å²) < 4.78 is 49.7. The van der Waals surface area contributed by atoms with E-state index in [1.54, 1.807) is 0 Å². The summed E-state index contributed by atoms with van der Waals surface area (Å²) >= 11 is 0. The second-order valence-corrected chi connectivity index (χ2v) is 12.4. The van der Waals surface area contributed by atoms with Gasteiger partial charge in [0.2, 0.25) is 0 Å². The van der Waals surface area contributed by atoms with Gasteiger partial charge in [-0.3, -0.25) is 0 Å². The Kier molecular flexibility index (Phi) is 5.20. The summed E-state index contributed by atoms with van der Waals surface area (Å²) in [5.74, 6) is 0.457. The van der Waals surface area contributed by atoms with E-state index in [1.165, 1.54) is 21.9 Å². The van der Waals surface area contributed by atoms with Gasteiger partial charge in [0.05, 0.1) is 6.85 Å². The van der Waals surface area contributed by atoms with Crippen molar-refractivity contribution in [3.05, 3.63) is 182 Å². The first-order chi connectivity index (χ1) is 26.4. The third-order valence-electron chi connectivity index (χ3n) is 9.77. The van der Waals surface area contributed by atoms with E-state index in [1.807, 2.05) is 36.4 Å². The molecule has 49 heavy (non-hydrogen) atoms. The third-order valence-corrected chi connectivity index (χ3v) is 9.77. The molecule has 0 aliphatic rings. The second-order valence-electron chi connectivity index (χ2n) is 12.4. The summed E-state index contributed by atoms with van der Waals surface area (Å²) in [4.78, 5) is 0. The van der Waals surface area contributed by atoms with Crippen molar-refractivity contribution >= 4 is 54.1 Å². The normalized spacial score (nSPS) is 13.1. The molecule has 0 fully saturated rings. The first kappa shape index (κ1) is 23.0. The van der Waals surface area contributed by atoms with Crippen molar-refractivity contribution in [2.75, 3.05) is 0 Å². The van der Waals surface area contributed by atoms with Crippen molar-refractivity contribution in [3.8, 4) is 44.7 Å². The van der Waals surface area contributed by atoms with E-state index in [4.69, 9.17) is 11.3 Å². The first-order valence-electron chi connectivity index (χ1n) is 18.9. The van der Waals surface area contributed by atoms with Gasteiger partial charge in [-0.1, -0.05) is 176 Å². The SMILES string of the molecule is [2H]c1c([2H])c([2H])c(-c2c(-c3cccc4c(-c5c6ccccc6c(-c6cccc7ccccc67)c6ccccc56)cccc34)oc3ccccc23)c([2H])c1[2H]. The molecule has 1 aromatic heterocycles. The molecule has 0 atom stereocenters. The minimum atomic E-state index is -0.427. The Morgan fingerprint density at radius 1 is 0.347 bits per heavy atom. The topological polar surface area (TPSA) is 13.1 Å². The lowest BCUT2D eigenvalue weighted by Crippen LogP contribution is -1.92. The molecular weight excluding hydrogens is 593 g/mol. The van der Waals surface area contributed by atoms with Crippen molar-refractivity contribution < 1.29 is 11.3 Å². The van der Waals surface area contributed by atoms with Gasteiger partial charge in [0, 0.05) is 16.5 Å². The number of hydrogen-bond donors (Lipinski definition) is 0. The number of benzene rings is 9. The Labute approximate surface area is 291 Å². The number of furan rings is 1. The zero-order chi connectivity index (χ0) is 36.7. The molecular formula is C48H30O. The van der Waals surface area contributed by atoms with Crippen LogP contribution in [0, 0.1) is 0 Å². The molecule has 0 radical (unpaired) electrons. The van der Waals surface area contributed by atoms with Crippen LogP contribution in [0.3, 0.4) is 0 Å². The van der Waals surface area contributed by atoms with Crippen LogP contribution in [0.2, 0.25) is 0 Å². The van der Waals surface area contributed by atoms with E-state index >= 15 is 0 Å². The molecule has 228 valence electrons. The Morgan fingerprint density at radius 2 is 0.796 bits per heavy atom. The summed E-state index contributed by atoms with van der Waals surface area (Å²) in [6.07, 6.45) is 0. The molecule has 0 unspecified atom stereocenters. The summed E-state index contributed by atoms with van der Waals surface area (Å²) in [6, 6.07) is 50.6. The van der Waals surface area contributed by atoms with E-state index in [0.717, 1.165) is 49.0 Å². The van der Waals surface area contributed by atoms with E-state index in [0.29, 0.717) is 22.3 Å². The maximum absolute atomic E-state index is 8.92. The van der Waals surface area contributed by atoms with E-state index in [-0.39, 0.29) is 29.7 Å². The average Bonchev–Trinajstić information content (AvgIpc) is 3.59. The molecule has 0 aliphatic heterocycles. The Morgan fingerprint density at radius 3 is 1.45 bits per heavy atom. The molecule has 0 amide bonds. The van der Waals surface area contributed by atoms with Crippen molar-refractivity contribution in [3.63, 3.8) is 0 Å². The maximum atomic E-state index is 8.92. The number of rotatable bonds is 4. The van der Waals surface area contributed by atoms with Crippen LogP contribution in [0.25, 0.3) is 98.8 Å². The highest BCUT2D eigenvalue weighted by atomic mass is 16.3. The summed E-state index contributed by atoms with van der Waals surface area (Å²) in [6.45, 7) is 0. The van der Waals surface area contributed by atoms with Crippen LogP contribution in [0.5, 0.6) is 0 Å². The van der Waals surface area contributed by atoms with Crippen molar-refractivity contribution in [1.82, 2.24) is 0 Å². The number of para-hydroxylation sites is 1. The lowest BCUT2D eigenvalue weighted by atomic mass is 9.83. The van der Waals surface area contributed by atoms with Crippen LogP contribution < -0.4 is 0 Å². The summed E-state index contributed by atoms with van der Waals surface area (Å²) in [5.41, 5.74) is 6.53. The van der Waals surface area contributed by atoms with Gasteiger partial charge in [0.25, 0.3) is 0 Å². The molecule has 9 aromatic carbocycles. The molecule has 10 aromatic rings. The quantitative estimate of drug-likeness (QED) is 0.177. The zero-order valence-electron chi connectivity index (χ0n) is 31.3. The van der Waals surface area contributed by atoms with Gasteiger partial charge < -0.3 is 4.42 Å². The van der Waals surface area contributed by atoms with Crippen LogP contribution in [0.1, 0.15) is 6.85 Å². The molecule has 1 nitrogen and oxygen atoms in total. The Balaban J connectivity index is 1.29. The lowest BCUT2D eigenvalue weighted by Gasteiger charge is -2.20. The molecule has 0 spiro atoms. The molecule has 0 saturated heterocycles. The van der Waals surface area contributed by atoms with Gasteiger partial charge in [-0.2, -0.15) is 0 Å². The average molecular weight is 628 g/mol. The molecule has 0 aliphatic carbocycles. The predicted octanol–water partition coefficient (Wildman–Crippen LogP) is 13.7. The Hall–Kier alpha value is -6.44. The van der Waals surface area contributed by atoms with E-state index in [9.17, 15) is 0 Å². The van der Waals surface area contributed by atoms with Crippen molar-refractivity contribution in [1.29, 1.82) is 0 Å². The van der Waals surface area contributed by atoms with Gasteiger partial charge in [0.15, 0.2) is 0 Å². The summed E-state index contributed by atoms with van der Waals surface area (Å²) in [5, 5.41) is 9.62. The maximum Gasteiger partial charge on any atom is 0.143 e. The van der Waals surface area contributed by atoms with Gasteiger partial charge in [-0.25, -0.2) is 0 Å². The summed E-state index contributed by atoms with van der Waals surface area (Å²) in [7, 11) is 0. The molecule has 1 heteroatoms. The largest absolute Gasteiger partial charge is 0.455 e. The van der Waals surface area contributed by atoms with Gasteiger partial charge in [0.1, 0.15) is 11.3 Å². The van der Waals surface area contributed by atoms with Crippen LogP contribution in [-0.4, -0.2) is 0 Å². The van der Waals surface area contributed by atoms with Gasteiger partial charge >= 0.3 is 0 Å². The lowest BCUT2D eigenvalue weighted by molar-refractivity contribution is 0.633.